The standard InChI is InChI=1S/C17H22NO4PS/c1-11-6-8-12(9-7-11)23(21,22-5)18-13-10-14(17(2,3)4)24-15(13)16(19)20/h6-10H,1-5H3,(H,18,21)(H,19,20). The largest absolute Gasteiger partial charge is 0.477 e. The Morgan fingerprint density at radius 2 is 1.83 bits per heavy atom. The number of aromatic carboxylic acids is 1. The summed E-state index contributed by atoms with van der Waals surface area (Å²) in [4.78, 5) is 12.6. The van der Waals surface area contributed by atoms with Crippen LogP contribution < -0.4 is 10.4 Å². The lowest BCUT2D eigenvalue weighted by Gasteiger charge is -2.19. The number of benzene rings is 1. The van der Waals surface area contributed by atoms with E-state index in [2.05, 4.69) is 5.09 Å². The molecule has 1 atom stereocenters. The third-order valence-electron chi connectivity index (χ3n) is 3.56. The van der Waals surface area contributed by atoms with E-state index in [0.717, 1.165) is 10.4 Å². The molecule has 2 N–H and O–H groups in total. The minimum atomic E-state index is -3.41. The molecule has 0 amide bonds. The molecule has 7 heteroatoms. The Kier molecular flexibility index (Phi) is 5.23. The highest BCUT2D eigenvalue weighted by Gasteiger charge is 2.30. The van der Waals surface area contributed by atoms with E-state index in [0.29, 0.717) is 11.0 Å². The minimum Gasteiger partial charge on any atom is -0.477 e. The number of hydrogen-bond donors (Lipinski definition) is 2. The van der Waals surface area contributed by atoms with Crippen LogP contribution in [0.2, 0.25) is 0 Å². The molecule has 1 aromatic carbocycles. The second kappa shape index (κ2) is 6.71. The number of nitrogens with one attached hydrogen (secondary N) is 1. The summed E-state index contributed by atoms with van der Waals surface area (Å²) in [7, 11) is -2.05. The zero-order valence-electron chi connectivity index (χ0n) is 14.4. The molecule has 5 nitrogen and oxygen atoms in total. The molecule has 0 aliphatic rings. The number of rotatable bonds is 5. The first-order valence-corrected chi connectivity index (χ1v) is 9.90. The number of aryl methyl sites for hydroxylation is 1. The quantitative estimate of drug-likeness (QED) is 0.754. The van der Waals surface area contributed by atoms with Crippen molar-refractivity contribution in [3.05, 3.63) is 45.6 Å². The normalized spacial score (nSPS) is 14.2. The highest BCUT2D eigenvalue weighted by molar-refractivity contribution is 7.68. The molecule has 0 saturated heterocycles. The summed E-state index contributed by atoms with van der Waals surface area (Å²) in [6.45, 7) is 7.95. The topological polar surface area (TPSA) is 75.6 Å². The van der Waals surface area contributed by atoms with Crippen molar-refractivity contribution in [3.63, 3.8) is 0 Å². The smallest absolute Gasteiger partial charge is 0.348 e. The Hall–Kier alpha value is -1.62. The fourth-order valence-corrected chi connectivity index (χ4v) is 4.67. The van der Waals surface area contributed by atoms with E-state index >= 15 is 0 Å². The maximum absolute atomic E-state index is 13.2. The van der Waals surface area contributed by atoms with Crippen molar-refractivity contribution in [1.82, 2.24) is 0 Å². The number of anilines is 1. The molecule has 0 radical (unpaired) electrons. The van der Waals surface area contributed by atoms with Crippen LogP contribution in [0.5, 0.6) is 0 Å². The van der Waals surface area contributed by atoms with Gasteiger partial charge in [0.05, 0.1) is 11.0 Å². The number of carboxylic acid groups (broad SMARTS) is 1. The van der Waals surface area contributed by atoms with Gasteiger partial charge in [0.15, 0.2) is 0 Å². The molecular weight excluding hydrogens is 345 g/mol. The van der Waals surface area contributed by atoms with E-state index in [1.165, 1.54) is 18.4 Å². The summed E-state index contributed by atoms with van der Waals surface area (Å²) in [5.74, 6) is -1.05. The van der Waals surface area contributed by atoms with Gasteiger partial charge < -0.3 is 14.7 Å². The zero-order valence-corrected chi connectivity index (χ0v) is 16.1. The molecule has 1 heterocycles. The lowest BCUT2D eigenvalue weighted by molar-refractivity contribution is 0.0703. The van der Waals surface area contributed by atoms with Gasteiger partial charge in [0.2, 0.25) is 0 Å². The summed E-state index contributed by atoms with van der Waals surface area (Å²) in [6, 6.07) is 8.88. The van der Waals surface area contributed by atoms with E-state index < -0.39 is 13.5 Å². The molecule has 130 valence electrons. The Balaban J connectivity index is 2.47. The summed E-state index contributed by atoms with van der Waals surface area (Å²) < 4.78 is 18.4. The van der Waals surface area contributed by atoms with Gasteiger partial charge in [0.25, 0.3) is 0 Å². The van der Waals surface area contributed by atoms with E-state index in [4.69, 9.17) is 4.52 Å². The van der Waals surface area contributed by atoms with E-state index in [1.807, 2.05) is 39.8 Å². The van der Waals surface area contributed by atoms with Crippen LogP contribution >= 0.6 is 18.9 Å². The van der Waals surface area contributed by atoms with Gasteiger partial charge in [0.1, 0.15) is 4.88 Å². The first kappa shape index (κ1) is 18.7. The lowest BCUT2D eigenvalue weighted by Crippen LogP contribution is -2.14. The molecule has 0 saturated carbocycles. The van der Waals surface area contributed by atoms with Gasteiger partial charge in [0, 0.05) is 12.0 Å². The number of hydrogen-bond acceptors (Lipinski definition) is 4. The van der Waals surface area contributed by atoms with Gasteiger partial charge in [-0.05, 0) is 30.5 Å². The highest BCUT2D eigenvalue weighted by atomic mass is 32.1. The average Bonchev–Trinajstić information content (AvgIpc) is 2.91. The average molecular weight is 367 g/mol. The van der Waals surface area contributed by atoms with Crippen molar-refractivity contribution < 1.29 is 19.0 Å². The molecule has 0 spiro atoms. The van der Waals surface area contributed by atoms with E-state index in [-0.39, 0.29) is 10.3 Å². The molecular formula is C17H22NO4PS. The Labute approximate surface area is 146 Å². The number of thiophene rings is 1. The lowest BCUT2D eigenvalue weighted by atomic mass is 9.95. The molecule has 24 heavy (non-hydrogen) atoms. The van der Waals surface area contributed by atoms with Gasteiger partial charge in [-0.3, -0.25) is 4.57 Å². The van der Waals surface area contributed by atoms with Crippen molar-refractivity contribution in [3.8, 4) is 0 Å². The van der Waals surface area contributed by atoms with Gasteiger partial charge >= 0.3 is 13.5 Å². The summed E-state index contributed by atoms with van der Waals surface area (Å²) in [5.41, 5.74) is 1.16. The van der Waals surface area contributed by atoms with Crippen molar-refractivity contribution >= 4 is 35.8 Å². The summed E-state index contributed by atoms with van der Waals surface area (Å²) in [5, 5.41) is 12.8. The monoisotopic (exact) mass is 367 g/mol. The molecule has 2 aromatic rings. The molecule has 0 aliphatic heterocycles. The third-order valence-corrected chi connectivity index (χ3v) is 7.14. The van der Waals surface area contributed by atoms with Crippen molar-refractivity contribution in [2.75, 3.05) is 12.2 Å². The molecule has 1 aromatic heterocycles. The maximum atomic E-state index is 13.2. The van der Waals surface area contributed by atoms with Crippen LogP contribution in [-0.4, -0.2) is 18.2 Å². The zero-order chi connectivity index (χ0) is 18.1. The Bertz CT molecular complexity index is 790. The SMILES string of the molecule is COP(=O)(Nc1cc(C(C)(C)C)sc1C(=O)O)c1ccc(C)cc1. The van der Waals surface area contributed by atoms with Crippen LogP contribution in [0.1, 0.15) is 40.9 Å². The van der Waals surface area contributed by atoms with Crippen molar-refractivity contribution in [2.45, 2.75) is 33.1 Å². The minimum absolute atomic E-state index is 0.129. The van der Waals surface area contributed by atoms with Crippen LogP contribution in [0, 0.1) is 6.92 Å². The predicted molar refractivity (Wildman–Crippen MR) is 99.0 cm³/mol. The third kappa shape index (κ3) is 3.89. The van der Waals surface area contributed by atoms with Crippen LogP contribution in [0.4, 0.5) is 5.69 Å². The van der Waals surface area contributed by atoms with E-state index in [9.17, 15) is 14.5 Å². The first-order valence-electron chi connectivity index (χ1n) is 7.46. The van der Waals surface area contributed by atoms with Gasteiger partial charge in [-0.1, -0.05) is 38.5 Å². The fourth-order valence-electron chi connectivity index (χ4n) is 2.12. The number of carbonyl (C=O) groups is 1. The van der Waals surface area contributed by atoms with Gasteiger partial charge in [-0.25, -0.2) is 4.79 Å². The Morgan fingerprint density at radius 1 is 1.25 bits per heavy atom. The summed E-state index contributed by atoms with van der Waals surface area (Å²) >= 11 is 1.18. The summed E-state index contributed by atoms with van der Waals surface area (Å²) in [6.07, 6.45) is 0. The van der Waals surface area contributed by atoms with Gasteiger partial charge in [-0.15, -0.1) is 11.3 Å². The second-order valence-corrected chi connectivity index (χ2v) is 9.85. The second-order valence-electron chi connectivity index (χ2n) is 6.59. The first-order chi connectivity index (χ1) is 11.1. The molecule has 2 rings (SSSR count). The van der Waals surface area contributed by atoms with Crippen LogP contribution in [0.3, 0.4) is 0 Å². The number of carboxylic acids is 1. The predicted octanol–water partition coefficient (Wildman–Crippen LogP) is 4.63. The van der Waals surface area contributed by atoms with Crippen LogP contribution in [0.25, 0.3) is 0 Å². The molecule has 0 bridgehead atoms. The Morgan fingerprint density at radius 3 is 2.29 bits per heavy atom. The molecule has 0 aliphatic carbocycles. The molecule has 0 fully saturated rings. The van der Waals surface area contributed by atoms with Crippen molar-refractivity contribution in [1.29, 1.82) is 0 Å². The fraction of sp³-hybridized carbons (Fsp3) is 0.353. The van der Waals surface area contributed by atoms with E-state index in [1.54, 1.807) is 18.2 Å². The maximum Gasteiger partial charge on any atom is 0.348 e. The van der Waals surface area contributed by atoms with Crippen molar-refractivity contribution in [2.24, 2.45) is 0 Å². The van der Waals surface area contributed by atoms with Crippen LogP contribution in [-0.2, 0) is 14.5 Å². The van der Waals surface area contributed by atoms with Gasteiger partial charge in [-0.2, -0.15) is 0 Å². The molecule has 1 unspecified atom stereocenters. The van der Waals surface area contributed by atoms with Crippen LogP contribution in [0.15, 0.2) is 30.3 Å². The highest BCUT2D eigenvalue weighted by Crippen LogP contribution is 2.47.